The van der Waals surface area contributed by atoms with Gasteiger partial charge in [-0.3, -0.25) is 0 Å². The normalized spacial score (nSPS) is 17.0. The zero-order valence-electron chi connectivity index (χ0n) is 8.20. The van der Waals surface area contributed by atoms with E-state index < -0.39 is 0 Å². The molecule has 5 nitrogen and oxygen atoms in total. The van der Waals surface area contributed by atoms with Crippen molar-refractivity contribution in [1.82, 2.24) is 5.32 Å². The number of oxime groups is 1. The van der Waals surface area contributed by atoms with E-state index in [4.69, 9.17) is 10.9 Å². The summed E-state index contributed by atoms with van der Waals surface area (Å²) in [5.41, 5.74) is 5.31. The van der Waals surface area contributed by atoms with Gasteiger partial charge in [-0.25, -0.2) is 0 Å². The number of nitrogens with zero attached hydrogens (tertiary/aromatic N) is 1. The molecule has 0 spiro atoms. The third-order valence-corrected chi connectivity index (χ3v) is 1.82. The Morgan fingerprint density at radius 3 is 2.69 bits per heavy atom. The molecule has 0 aliphatic heterocycles. The largest absolute Gasteiger partial charge is 0.409 e. The van der Waals surface area contributed by atoms with Crippen molar-refractivity contribution in [3.63, 3.8) is 0 Å². The first kappa shape index (κ1) is 12.2. The molecule has 0 fully saturated rings. The van der Waals surface area contributed by atoms with Gasteiger partial charge in [-0.1, -0.05) is 12.1 Å². The summed E-state index contributed by atoms with van der Waals surface area (Å²) in [5, 5.41) is 23.5. The molecule has 0 saturated heterocycles. The maximum absolute atomic E-state index is 9.22. The minimum Gasteiger partial charge on any atom is -0.409 e. The Bertz CT molecular complexity index is 161. The van der Waals surface area contributed by atoms with Crippen LogP contribution in [-0.4, -0.2) is 34.8 Å². The number of nitrogens with one attached hydrogen (secondary N) is 1. The van der Waals surface area contributed by atoms with Gasteiger partial charge in [-0.05, 0) is 13.3 Å². The standard InChI is InChI=1S/C8H19N3O2/c1-3-7(12)5-10-6(2)4-8(9)11-13/h6-7,10,12-13H,3-5H2,1-2H3,(H2,9,11). The fourth-order valence-electron chi connectivity index (χ4n) is 0.908. The molecule has 5 heteroatoms. The first-order valence-corrected chi connectivity index (χ1v) is 4.48. The summed E-state index contributed by atoms with van der Waals surface area (Å²) in [6.07, 6.45) is 0.880. The molecule has 0 heterocycles. The zero-order valence-corrected chi connectivity index (χ0v) is 8.20. The molecule has 0 aliphatic rings. The lowest BCUT2D eigenvalue weighted by Gasteiger charge is -2.15. The SMILES string of the molecule is CCC(O)CNC(C)CC(N)=NO. The quantitative estimate of drug-likeness (QED) is 0.203. The van der Waals surface area contributed by atoms with Gasteiger partial charge in [0, 0.05) is 19.0 Å². The van der Waals surface area contributed by atoms with Crippen LogP contribution in [0.15, 0.2) is 5.16 Å². The van der Waals surface area contributed by atoms with Crippen LogP contribution in [0.2, 0.25) is 0 Å². The molecule has 78 valence electrons. The predicted molar refractivity (Wildman–Crippen MR) is 51.8 cm³/mol. The predicted octanol–water partition coefficient (Wildman–Crippen LogP) is -0.128. The van der Waals surface area contributed by atoms with E-state index in [9.17, 15) is 5.11 Å². The molecule has 5 N–H and O–H groups in total. The van der Waals surface area contributed by atoms with Crippen LogP contribution in [0.3, 0.4) is 0 Å². The third-order valence-electron chi connectivity index (χ3n) is 1.82. The maximum Gasteiger partial charge on any atom is 0.140 e. The smallest absolute Gasteiger partial charge is 0.140 e. The van der Waals surface area contributed by atoms with Crippen LogP contribution in [0, 0.1) is 0 Å². The number of rotatable bonds is 6. The highest BCUT2D eigenvalue weighted by Gasteiger charge is 2.06. The van der Waals surface area contributed by atoms with E-state index in [0.29, 0.717) is 13.0 Å². The van der Waals surface area contributed by atoms with Gasteiger partial charge in [-0.15, -0.1) is 0 Å². The number of aliphatic hydroxyl groups is 1. The Labute approximate surface area is 78.6 Å². The summed E-state index contributed by atoms with van der Waals surface area (Å²) in [6.45, 7) is 4.37. The Balaban J connectivity index is 3.57. The molecule has 0 aromatic heterocycles. The van der Waals surface area contributed by atoms with Crippen LogP contribution in [0.4, 0.5) is 0 Å². The average molecular weight is 189 g/mol. The van der Waals surface area contributed by atoms with Crippen molar-refractivity contribution in [3.05, 3.63) is 0 Å². The molecule has 0 rings (SSSR count). The van der Waals surface area contributed by atoms with Crippen LogP contribution in [0.5, 0.6) is 0 Å². The third kappa shape index (κ3) is 6.36. The van der Waals surface area contributed by atoms with Gasteiger partial charge in [0.25, 0.3) is 0 Å². The van der Waals surface area contributed by atoms with Gasteiger partial charge in [-0.2, -0.15) is 0 Å². The second kappa shape index (κ2) is 6.68. The van der Waals surface area contributed by atoms with Gasteiger partial charge in [0.2, 0.25) is 0 Å². The average Bonchev–Trinajstić information content (AvgIpc) is 2.13. The van der Waals surface area contributed by atoms with Crippen molar-refractivity contribution in [1.29, 1.82) is 0 Å². The summed E-state index contributed by atoms with van der Waals surface area (Å²) >= 11 is 0. The number of nitrogens with two attached hydrogens (primary N) is 1. The summed E-state index contributed by atoms with van der Waals surface area (Å²) in [7, 11) is 0. The van der Waals surface area contributed by atoms with Gasteiger partial charge in [0.05, 0.1) is 6.10 Å². The van der Waals surface area contributed by atoms with Crippen molar-refractivity contribution >= 4 is 5.84 Å². The van der Waals surface area contributed by atoms with Crippen LogP contribution in [0.1, 0.15) is 26.7 Å². The first-order valence-electron chi connectivity index (χ1n) is 4.48. The van der Waals surface area contributed by atoms with Gasteiger partial charge in [0.1, 0.15) is 5.84 Å². The van der Waals surface area contributed by atoms with E-state index in [1.54, 1.807) is 0 Å². The topological polar surface area (TPSA) is 90.9 Å². The van der Waals surface area contributed by atoms with Gasteiger partial charge in [0.15, 0.2) is 0 Å². The lowest BCUT2D eigenvalue weighted by molar-refractivity contribution is 0.164. The molecule has 0 bridgehead atoms. The Morgan fingerprint density at radius 1 is 1.62 bits per heavy atom. The summed E-state index contributed by atoms with van der Waals surface area (Å²) in [4.78, 5) is 0. The van der Waals surface area contributed by atoms with Crippen LogP contribution in [0.25, 0.3) is 0 Å². The summed E-state index contributed by atoms with van der Waals surface area (Å²) in [5.74, 6) is 0.200. The molecule has 0 aromatic rings. The van der Waals surface area contributed by atoms with Crippen molar-refractivity contribution in [2.45, 2.75) is 38.8 Å². The molecule has 0 aliphatic carbocycles. The van der Waals surface area contributed by atoms with Crippen molar-refractivity contribution in [2.75, 3.05) is 6.54 Å². The van der Waals surface area contributed by atoms with E-state index in [2.05, 4.69) is 10.5 Å². The van der Waals surface area contributed by atoms with Gasteiger partial charge >= 0.3 is 0 Å². The lowest BCUT2D eigenvalue weighted by Crippen LogP contribution is -2.36. The molecule has 2 atom stereocenters. The lowest BCUT2D eigenvalue weighted by atomic mass is 10.2. The summed E-state index contributed by atoms with van der Waals surface area (Å²) in [6, 6.07) is 0.108. The number of amidine groups is 1. The van der Waals surface area contributed by atoms with E-state index >= 15 is 0 Å². The van der Waals surface area contributed by atoms with Crippen LogP contribution < -0.4 is 11.1 Å². The molecular formula is C8H19N3O2. The van der Waals surface area contributed by atoms with Gasteiger partial charge < -0.3 is 21.4 Å². The highest BCUT2D eigenvalue weighted by Crippen LogP contribution is 1.93. The van der Waals surface area contributed by atoms with Crippen molar-refractivity contribution < 1.29 is 10.3 Å². The fraction of sp³-hybridized carbons (Fsp3) is 0.875. The number of aliphatic hydroxyl groups excluding tert-OH is 1. The van der Waals surface area contributed by atoms with E-state index in [-0.39, 0.29) is 18.0 Å². The second-order valence-corrected chi connectivity index (χ2v) is 3.17. The van der Waals surface area contributed by atoms with Crippen LogP contribution in [-0.2, 0) is 0 Å². The van der Waals surface area contributed by atoms with Crippen LogP contribution >= 0.6 is 0 Å². The number of hydrogen-bond donors (Lipinski definition) is 4. The summed E-state index contributed by atoms with van der Waals surface area (Å²) < 4.78 is 0. The Morgan fingerprint density at radius 2 is 2.23 bits per heavy atom. The molecule has 13 heavy (non-hydrogen) atoms. The Hall–Kier alpha value is -0.810. The minimum absolute atomic E-state index is 0.108. The molecule has 0 amide bonds. The van der Waals surface area contributed by atoms with E-state index in [1.807, 2.05) is 13.8 Å². The number of hydrogen-bond acceptors (Lipinski definition) is 4. The molecule has 0 saturated carbocycles. The zero-order chi connectivity index (χ0) is 10.3. The Kier molecular flexibility index (Phi) is 6.26. The fourth-order valence-corrected chi connectivity index (χ4v) is 0.908. The van der Waals surface area contributed by atoms with Crippen molar-refractivity contribution in [3.8, 4) is 0 Å². The highest BCUT2D eigenvalue weighted by molar-refractivity contribution is 5.80. The molecular weight excluding hydrogens is 170 g/mol. The van der Waals surface area contributed by atoms with E-state index in [0.717, 1.165) is 6.42 Å². The highest BCUT2D eigenvalue weighted by atomic mass is 16.4. The maximum atomic E-state index is 9.22. The molecule has 0 aromatic carbocycles. The first-order chi connectivity index (χ1) is 6.10. The molecule has 0 radical (unpaired) electrons. The van der Waals surface area contributed by atoms with E-state index in [1.165, 1.54) is 0 Å². The molecule has 2 unspecified atom stereocenters. The second-order valence-electron chi connectivity index (χ2n) is 3.17. The minimum atomic E-state index is -0.324. The van der Waals surface area contributed by atoms with Crippen molar-refractivity contribution in [2.24, 2.45) is 10.9 Å². The monoisotopic (exact) mass is 189 g/mol.